The number of aryl methyl sites for hydroxylation is 1. The van der Waals surface area contributed by atoms with Gasteiger partial charge in [0.1, 0.15) is 5.82 Å². The van der Waals surface area contributed by atoms with Crippen molar-refractivity contribution in [1.82, 2.24) is 20.3 Å². The lowest BCUT2D eigenvalue weighted by atomic mass is 9.72. The van der Waals surface area contributed by atoms with E-state index in [4.69, 9.17) is 12.2 Å². The Morgan fingerprint density at radius 1 is 1.03 bits per heavy atom. The molecule has 1 N–H and O–H groups in total. The number of aromatic nitrogens is 2. The highest BCUT2D eigenvalue weighted by Crippen LogP contribution is 2.41. The maximum Gasteiger partial charge on any atom is 0.189 e. The van der Waals surface area contributed by atoms with Crippen molar-refractivity contribution in [3.05, 3.63) is 54.0 Å². The van der Waals surface area contributed by atoms with Gasteiger partial charge in [0.05, 0.1) is 11.4 Å². The van der Waals surface area contributed by atoms with Gasteiger partial charge in [-0.25, -0.2) is 4.98 Å². The minimum atomic E-state index is 0.392. The van der Waals surface area contributed by atoms with Gasteiger partial charge < -0.3 is 9.80 Å². The van der Waals surface area contributed by atoms with E-state index in [0.717, 1.165) is 67.8 Å². The number of hydrazone groups is 1. The Bertz CT molecular complexity index is 912. The van der Waals surface area contributed by atoms with E-state index in [1.807, 2.05) is 24.5 Å². The number of nitrogens with zero attached hydrogens (tertiary/aromatic N) is 5. The van der Waals surface area contributed by atoms with Gasteiger partial charge in [-0.1, -0.05) is 12.1 Å². The smallest absolute Gasteiger partial charge is 0.189 e. The number of likely N-dealkylation sites (tertiary alicyclic amines) is 1. The summed E-state index contributed by atoms with van der Waals surface area (Å²) in [4.78, 5) is 13.6. The number of hydrogen-bond donors (Lipinski definition) is 1. The van der Waals surface area contributed by atoms with Crippen LogP contribution in [0.3, 0.4) is 0 Å². The van der Waals surface area contributed by atoms with Crippen LogP contribution < -0.4 is 10.3 Å². The third-order valence-corrected chi connectivity index (χ3v) is 6.80. The molecule has 6 nitrogen and oxygen atoms in total. The molecule has 2 aliphatic heterocycles. The number of pyridine rings is 2. The predicted octanol–water partition coefficient (Wildman–Crippen LogP) is 2.99. The van der Waals surface area contributed by atoms with Gasteiger partial charge >= 0.3 is 0 Å². The lowest BCUT2D eigenvalue weighted by Gasteiger charge is -2.54. The van der Waals surface area contributed by atoms with Crippen LogP contribution in [0.25, 0.3) is 0 Å². The molecule has 0 bridgehead atoms. The van der Waals surface area contributed by atoms with Crippen molar-refractivity contribution in [2.45, 2.75) is 32.1 Å². The lowest BCUT2D eigenvalue weighted by molar-refractivity contribution is 0.0328. The molecule has 0 unspecified atom stereocenters. The molecule has 1 aliphatic carbocycles. The van der Waals surface area contributed by atoms with Crippen molar-refractivity contribution in [3.8, 4) is 0 Å². The van der Waals surface area contributed by atoms with Crippen LogP contribution in [0.4, 0.5) is 5.82 Å². The van der Waals surface area contributed by atoms with Crippen LogP contribution in [0.15, 0.2) is 47.8 Å². The van der Waals surface area contributed by atoms with E-state index < -0.39 is 0 Å². The molecule has 0 saturated carbocycles. The van der Waals surface area contributed by atoms with Crippen molar-refractivity contribution in [3.63, 3.8) is 0 Å². The second-order valence-corrected chi connectivity index (χ2v) is 8.76. The average molecular weight is 407 g/mol. The summed E-state index contributed by atoms with van der Waals surface area (Å²) < 4.78 is 0. The van der Waals surface area contributed by atoms with Crippen LogP contribution in [0.5, 0.6) is 0 Å². The summed E-state index contributed by atoms with van der Waals surface area (Å²) in [5, 5.41) is 5.35. The van der Waals surface area contributed by atoms with E-state index in [1.54, 1.807) is 0 Å². The largest absolute Gasteiger partial charge is 0.357 e. The number of rotatable bonds is 2. The molecule has 29 heavy (non-hydrogen) atoms. The molecule has 3 aliphatic rings. The van der Waals surface area contributed by atoms with Crippen molar-refractivity contribution in [1.29, 1.82) is 0 Å². The second kappa shape index (κ2) is 7.71. The number of anilines is 1. The fourth-order valence-electron chi connectivity index (χ4n) is 4.73. The zero-order chi connectivity index (χ0) is 19.7. The first-order chi connectivity index (χ1) is 14.2. The number of nitrogens with one attached hydrogen (secondary N) is 1. The van der Waals surface area contributed by atoms with Gasteiger partial charge in [0, 0.05) is 44.0 Å². The van der Waals surface area contributed by atoms with Crippen LogP contribution in [-0.2, 0) is 6.42 Å². The molecule has 1 spiro atoms. The highest BCUT2D eigenvalue weighted by Gasteiger charge is 2.45. The molecule has 2 aromatic heterocycles. The van der Waals surface area contributed by atoms with E-state index in [1.165, 1.54) is 18.4 Å². The van der Waals surface area contributed by atoms with Gasteiger partial charge in [0.25, 0.3) is 0 Å². The fraction of sp³-hybridized carbons (Fsp3) is 0.455. The Morgan fingerprint density at radius 3 is 2.66 bits per heavy atom. The monoisotopic (exact) mass is 406 g/mol. The third-order valence-electron chi connectivity index (χ3n) is 6.45. The minimum absolute atomic E-state index is 0.392. The number of piperidine rings is 1. The minimum Gasteiger partial charge on any atom is -0.357 e. The van der Waals surface area contributed by atoms with Crippen molar-refractivity contribution < 1.29 is 0 Å². The first-order valence-corrected chi connectivity index (χ1v) is 10.9. The summed E-state index contributed by atoms with van der Waals surface area (Å²) in [5.41, 5.74) is 6.86. The van der Waals surface area contributed by atoms with E-state index in [0.29, 0.717) is 5.41 Å². The Balaban J connectivity index is 1.15. The van der Waals surface area contributed by atoms with Crippen molar-refractivity contribution in [2.75, 3.05) is 31.1 Å². The normalized spacial score (nSPS) is 21.6. The van der Waals surface area contributed by atoms with Gasteiger partial charge in [-0.2, -0.15) is 5.10 Å². The molecule has 0 aromatic carbocycles. The van der Waals surface area contributed by atoms with Crippen LogP contribution in [0.1, 0.15) is 36.9 Å². The molecule has 7 heteroatoms. The van der Waals surface area contributed by atoms with E-state index in [-0.39, 0.29) is 0 Å². The van der Waals surface area contributed by atoms with Gasteiger partial charge in [-0.3, -0.25) is 10.4 Å². The van der Waals surface area contributed by atoms with Crippen LogP contribution in [0, 0.1) is 5.41 Å². The van der Waals surface area contributed by atoms with Gasteiger partial charge in [0.2, 0.25) is 0 Å². The highest BCUT2D eigenvalue weighted by molar-refractivity contribution is 7.80. The molecule has 0 atom stereocenters. The topological polar surface area (TPSA) is 56.7 Å². The Kier molecular flexibility index (Phi) is 4.91. The van der Waals surface area contributed by atoms with Crippen molar-refractivity contribution in [2.24, 2.45) is 10.5 Å². The maximum absolute atomic E-state index is 5.61. The molecule has 2 saturated heterocycles. The first-order valence-electron chi connectivity index (χ1n) is 10.4. The standard InChI is InChI=1S/C22H26N6S/c29-21(26-25-18-7-3-5-17-6-4-12-24-20(17)18)28-15-22(16-28)9-13-27(14-10-22)19-8-1-2-11-23-19/h1-2,4,6,8,11-12H,3,5,7,9-10,13-16H2,(H,26,29)/b25-18+. The Hall–Kier alpha value is -2.54. The quantitative estimate of drug-likeness (QED) is 0.611. The number of hydrogen-bond acceptors (Lipinski definition) is 5. The Morgan fingerprint density at radius 2 is 1.86 bits per heavy atom. The molecule has 4 heterocycles. The SMILES string of the molecule is S=C(N/N=C1\CCCc2cccnc21)N1CC2(CCN(c3ccccn3)CC2)C1. The van der Waals surface area contributed by atoms with Gasteiger partial charge in [-0.15, -0.1) is 0 Å². The van der Waals surface area contributed by atoms with Crippen LogP contribution in [0.2, 0.25) is 0 Å². The van der Waals surface area contributed by atoms with E-state index in [2.05, 4.69) is 48.5 Å². The third kappa shape index (κ3) is 3.71. The van der Waals surface area contributed by atoms with Crippen LogP contribution in [-0.4, -0.2) is 51.9 Å². The fourth-order valence-corrected chi connectivity index (χ4v) is 4.91. The molecular formula is C22H26N6S. The van der Waals surface area contributed by atoms with Gasteiger partial charge in [0.15, 0.2) is 5.11 Å². The molecule has 0 radical (unpaired) electrons. The predicted molar refractivity (Wildman–Crippen MR) is 119 cm³/mol. The molecule has 2 fully saturated rings. The lowest BCUT2D eigenvalue weighted by Crippen LogP contribution is -2.63. The summed E-state index contributed by atoms with van der Waals surface area (Å²) in [6, 6.07) is 10.3. The maximum atomic E-state index is 5.61. The zero-order valence-electron chi connectivity index (χ0n) is 16.5. The molecule has 150 valence electrons. The number of thiocarbonyl (C=S) groups is 1. The number of fused-ring (bicyclic) bond motifs is 1. The molecule has 0 amide bonds. The summed E-state index contributed by atoms with van der Waals surface area (Å²) in [5.74, 6) is 1.09. The molecule has 2 aromatic rings. The Labute approximate surface area is 177 Å². The summed E-state index contributed by atoms with van der Waals surface area (Å²) in [6.45, 7) is 4.18. The summed E-state index contributed by atoms with van der Waals surface area (Å²) in [6.07, 6.45) is 9.24. The highest BCUT2D eigenvalue weighted by atomic mass is 32.1. The second-order valence-electron chi connectivity index (χ2n) is 8.37. The van der Waals surface area contributed by atoms with Crippen molar-refractivity contribution >= 4 is 28.9 Å². The summed E-state index contributed by atoms with van der Waals surface area (Å²) >= 11 is 5.61. The first kappa shape index (κ1) is 18.5. The van der Waals surface area contributed by atoms with Crippen LogP contribution >= 0.6 is 12.2 Å². The zero-order valence-corrected chi connectivity index (χ0v) is 17.4. The summed E-state index contributed by atoms with van der Waals surface area (Å²) in [7, 11) is 0. The van der Waals surface area contributed by atoms with Gasteiger partial charge in [-0.05, 0) is 68.1 Å². The van der Waals surface area contributed by atoms with E-state index >= 15 is 0 Å². The average Bonchev–Trinajstić information content (AvgIpc) is 2.76. The molecule has 5 rings (SSSR count). The molecular weight excluding hydrogens is 380 g/mol. The van der Waals surface area contributed by atoms with E-state index in [9.17, 15) is 0 Å².